The van der Waals surface area contributed by atoms with E-state index < -0.39 is 10.0 Å². The molecular formula is C12H19N3O2S. The van der Waals surface area contributed by atoms with Crippen LogP contribution in [0.25, 0.3) is 0 Å². The molecule has 2 N–H and O–H groups in total. The Bertz CT molecular complexity index is 495. The molecule has 1 aromatic heterocycles. The van der Waals surface area contributed by atoms with Crippen molar-refractivity contribution in [3.8, 4) is 0 Å². The summed E-state index contributed by atoms with van der Waals surface area (Å²) in [4.78, 5) is 4.12. The van der Waals surface area contributed by atoms with Crippen LogP contribution in [0.5, 0.6) is 0 Å². The second-order valence-corrected chi connectivity index (χ2v) is 6.96. The number of hydrogen-bond acceptors (Lipinski definition) is 4. The van der Waals surface area contributed by atoms with Crippen LogP contribution in [0.3, 0.4) is 0 Å². The topological polar surface area (TPSA) is 76.3 Å². The number of sulfonamides is 1. The van der Waals surface area contributed by atoms with Gasteiger partial charge in [0, 0.05) is 36.9 Å². The summed E-state index contributed by atoms with van der Waals surface area (Å²) in [6.07, 6.45) is 2.93. The number of nitrogens with two attached hydrogens (primary N) is 1. The lowest BCUT2D eigenvalue weighted by Gasteiger charge is -2.46. The zero-order valence-electron chi connectivity index (χ0n) is 10.5. The molecule has 2 rings (SSSR count). The average Bonchev–Trinajstić information content (AvgIpc) is 2.34. The Hall–Kier alpha value is -0.980. The van der Waals surface area contributed by atoms with Gasteiger partial charge in [-0.25, -0.2) is 8.42 Å². The fourth-order valence-electron chi connectivity index (χ4n) is 1.99. The number of aromatic nitrogens is 1. The molecule has 5 nitrogen and oxygen atoms in total. The Morgan fingerprint density at radius 1 is 1.44 bits per heavy atom. The second-order valence-electron chi connectivity index (χ2n) is 4.87. The van der Waals surface area contributed by atoms with E-state index in [2.05, 4.69) is 4.98 Å². The van der Waals surface area contributed by atoms with E-state index in [1.165, 1.54) is 4.31 Å². The Kier molecular flexibility index (Phi) is 3.70. The molecule has 0 amide bonds. The first-order valence-corrected chi connectivity index (χ1v) is 7.73. The van der Waals surface area contributed by atoms with E-state index in [0.29, 0.717) is 19.5 Å². The van der Waals surface area contributed by atoms with Gasteiger partial charge in [-0.3, -0.25) is 4.98 Å². The lowest BCUT2D eigenvalue weighted by atomic mass is 9.91. The van der Waals surface area contributed by atoms with Crippen molar-refractivity contribution >= 4 is 10.0 Å². The summed E-state index contributed by atoms with van der Waals surface area (Å²) in [6.45, 7) is 2.86. The quantitative estimate of drug-likeness (QED) is 0.838. The maximum atomic E-state index is 12.0. The Morgan fingerprint density at radius 3 is 2.72 bits per heavy atom. The highest BCUT2D eigenvalue weighted by Crippen LogP contribution is 2.24. The highest BCUT2D eigenvalue weighted by atomic mass is 32.2. The van der Waals surface area contributed by atoms with Gasteiger partial charge < -0.3 is 5.73 Å². The van der Waals surface area contributed by atoms with Crippen LogP contribution in [0, 0.1) is 0 Å². The smallest absolute Gasteiger partial charge is 0.214 e. The van der Waals surface area contributed by atoms with Crippen LogP contribution in [0.15, 0.2) is 24.4 Å². The number of rotatable bonds is 5. The maximum absolute atomic E-state index is 12.0. The van der Waals surface area contributed by atoms with Gasteiger partial charge in [0.05, 0.1) is 5.75 Å². The SMILES string of the molecule is CCC1(N)CN(S(=O)(=O)CCc2ccccn2)C1. The zero-order chi connectivity index (χ0) is 13.2. The van der Waals surface area contributed by atoms with Gasteiger partial charge in [-0.05, 0) is 18.6 Å². The van der Waals surface area contributed by atoms with Crippen molar-refractivity contribution in [2.24, 2.45) is 5.73 Å². The lowest BCUT2D eigenvalue weighted by Crippen LogP contribution is -2.68. The van der Waals surface area contributed by atoms with E-state index >= 15 is 0 Å². The van der Waals surface area contributed by atoms with E-state index in [1.807, 2.05) is 25.1 Å². The highest BCUT2D eigenvalue weighted by molar-refractivity contribution is 7.89. The van der Waals surface area contributed by atoms with Crippen molar-refractivity contribution in [3.63, 3.8) is 0 Å². The van der Waals surface area contributed by atoms with E-state index in [-0.39, 0.29) is 11.3 Å². The number of pyridine rings is 1. The predicted octanol–water partition coefficient (Wildman–Crippen LogP) is 0.377. The van der Waals surface area contributed by atoms with Crippen molar-refractivity contribution in [2.75, 3.05) is 18.8 Å². The van der Waals surface area contributed by atoms with Crippen molar-refractivity contribution in [3.05, 3.63) is 30.1 Å². The minimum absolute atomic E-state index is 0.101. The minimum atomic E-state index is -3.19. The highest BCUT2D eigenvalue weighted by Gasteiger charge is 2.43. The van der Waals surface area contributed by atoms with Gasteiger partial charge in [-0.1, -0.05) is 13.0 Å². The van der Waals surface area contributed by atoms with Crippen LogP contribution in [0.2, 0.25) is 0 Å². The summed E-state index contributed by atoms with van der Waals surface area (Å²) >= 11 is 0. The van der Waals surface area contributed by atoms with Gasteiger partial charge in [0.25, 0.3) is 0 Å². The molecule has 1 aliphatic rings. The molecule has 0 unspecified atom stereocenters. The average molecular weight is 269 g/mol. The second kappa shape index (κ2) is 4.95. The van der Waals surface area contributed by atoms with Crippen molar-refractivity contribution < 1.29 is 8.42 Å². The summed E-state index contributed by atoms with van der Waals surface area (Å²) in [5, 5.41) is 0. The van der Waals surface area contributed by atoms with Gasteiger partial charge in [-0.15, -0.1) is 0 Å². The van der Waals surface area contributed by atoms with Crippen molar-refractivity contribution in [1.82, 2.24) is 9.29 Å². The first-order valence-electron chi connectivity index (χ1n) is 6.12. The van der Waals surface area contributed by atoms with Gasteiger partial charge in [0.15, 0.2) is 0 Å². The monoisotopic (exact) mass is 269 g/mol. The van der Waals surface area contributed by atoms with Crippen LogP contribution in [-0.2, 0) is 16.4 Å². The van der Waals surface area contributed by atoms with Crippen molar-refractivity contribution in [1.29, 1.82) is 0 Å². The Balaban J connectivity index is 1.90. The van der Waals surface area contributed by atoms with Crippen LogP contribution in [-0.4, -0.2) is 42.1 Å². The largest absolute Gasteiger partial charge is 0.323 e. The van der Waals surface area contributed by atoms with Gasteiger partial charge in [0.2, 0.25) is 10.0 Å². The third kappa shape index (κ3) is 2.88. The zero-order valence-corrected chi connectivity index (χ0v) is 11.4. The standard InChI is InChI=1S/C12H19N3O2S/c1-2-12(13)9-15(10-12)18(16,17)8-6-11-5-3-4-7-14-11/h3-5,7H,2,6,8-10,13H2,1H3. The van der Waals surface area contributed by atoms with Gasteiger partial charge >= 0.3 is 0 Å². The molecule has 6 heteroatoms. The first-order chi connectivity index (χ1) is 8.45. The molecule has 0 spiro atoms. The number of aryl methyl sites for hydroxylation is 1. The molecule has 1 fully saturated rings. The molecule has 18 heavy (non-hydrogen) atoms. The molecule has 1 aliphatic heterocycles. The molecular weight excluding hydrogens is 250 g/mol. The maximum Gasteiger partial charge on any atom is 0.214 e. The van der Waals surface area contributed by atoms with Gasteiger partial charge in [0.1, 0.15) is 0 Å². The van der Waals surface area contributed by atoms with Crippen molar-refractivity contribution in [2.45, 2.75) is 25.3 Å². The summed E-state index contributed by atoms with van der Waals surface area (Å²) < 4.78 is 25.5. The van der Waals surface area contributed by atoms with E-state index in [1.54, 1.807) is 6.20 Å². The van der Waals surface area contributed by atoms with Crippen LogP contribution < -0.4 is 5.73 Å². The third-order valence-electron chi connectivity index (χ3n) is 3.42. The Labute approximate surface area is 108 Å². The molecule has 0 atom stereocenters. The number of nitrogens with zero attached hydrogens (tertiary/aromatic N) is 2. The molecule has 100 valence electrons. The molecule has 0 aliphatic carbocycles. The summed E-state index contributed by atoms with van der Waals surface area (Å²) in [5.41, 5.74) is 6.46. The third-order valence-corrected chi connectivity index (χ3v) is 5.19. The van der Waals surface area contributed by atoms with E-state index in [0.717, 1.165) is 12.1 Å². The number of hydrogen-bond donors (Lipinski definition) is 1. The molecule has 2 heterocycles. The fourth-order valence-corrected chi connectivity index (χ4v) is 3.62. The summed E-state index contributed by atoms with van der Waals surface area (Å²) in [7, 11) is -3.19. The minimum Gasteiger partial charge on any atom is -0.323 e. The molecule has 0 radical (unpaired) electrons. The predicted molar refractivity (Wildman–Crippen MR) is 70.5 cm³/mol. The normalized spacial score (nSPS) is 19.4. The van der Waals surface area contributed by atoms with E-state index in [9.17, 15) is 8.42 Å². The van der Waals surface area contributed by atoms with Crippen LogP contribution >= 0.6 is 0 Å². The molecule has 0 bridgehead atoms. The summed E-state index contributed by atoms with van der Waals surface area (Å²) in [5.74, 6) is 0.101. The molecule has 1 saturated heterocycles. The lowest BCUT2D eigenvalue weighted by molar-refractivity contribution is 0.153. The molecule has 0 saturated carbocycles. The molecule has 1 aromatic rings. The van der Waals surface area contributed by atoms with Crippen LogP contribution in [0.1, 0.15) is 19.0 Å². The van der Waals surface area contributed by atoms with Gasteiger partial charge in [-0.2, -0.15) is 4.31 Å². The summed E-state index contributed by atoms with van der Waals surface area (Å²) in [6, 6.07) is 5.52. The molecule has 0 aromatic carbocycles. The first kappa shape index (κ1) is 13.5. The van der Waals surface area contributed by atoms with E-state index in [4.69, 9.17) is 5.73 Å². The Morgan fingerprint density at radius 2 is 2.17 bits per heavy atom. The van der Waals surface area contributed by atoms with Crippen LogP contribution in [0.4, 0.5) is 0 Å². The fraction of sp³-hybridized carbons (Fsp3) is 0.583.